The van der Waals surface area contributed by atoms with Gasteiger partial charge in [-0.05, 0) is 29.3 Å². The Labute approximate surface area is 113 Å². The zero-order valence-electron chi connectivity index (χ0n) is 9.73. The van der Waals surface area contributed by atoms with Crippen LogP contribution in [0.2, 0.25) is 0 Å². The molecule has 0 heterocycles. The van der Waals surface area contributed by atoms with E-state index < -0.39 is 11.9 Å². The highest BCUT2D eigenvalue weighted by atomic mass is 79.9. The molecule has 4 heteroatoms. The maximum Gasteiger partial charge on any atom is 0.165 e. The Morgan fingerprint density at radius 2 is 1.94 bits per heavy atom. The monoisotopic (exact) mass is 310 g/mol. The van der Waals surface area contributed by atoms with Crippen LogP contribution >= 0.6 is 15.9 Å². The van der Waals surface area contributed by atoms with Crippen LogP contribution in [0.25, 0.3) is 0 Å². The Bertz CT molecular complexity index is 557. The summed E-state index contributed by atoms with van der Waals surface area (Å²) in [5, 5.41) is 10.2. The highest BCUT2D eigenvalue weighted by Gasteiger charge is 2.15. The molecule has 0 saturated heterocycles. The van der Waals surface area contributed by atoms with Crippen LogP contribution in [0.5, 0.6) is 5.75 Å². The van der Waals surface area contributed by atoms with E-state index in [1.807, 2.05) is 18.2 Å². The third-order valence-electron chi connectivity index (χ3n) is 2.69. The standard InChI is InChI=1S/C14H12BrFO2/c1-18-13-7-6-9(8-12(13)16)14(17)10-4-2-3-5-11(10)15/h2-8,14,17H,1H3/t14-/m1/s1. The first-order valence-electron chi connectivity index (χ1n) is 5.39. The summed E-state index contributed by atoms with van der Waals surface area (Å²) in [6.07, 6.45) is -0.874. The summed E-state index contributed by atoms with van der Waals surface area (Å²) in [6.45, 7) is 0. The third-order valence-corrected chi connectivity index (χ3v) is 3.41. The number of halogens is 2. The van der Waals surface area contributed by atoms with E-state index in [-0.39, 0.29) is 5.75 Å². The molecule has 2 rings (SSSR count). The summed E-state index contributed by atoms with van der Waals surface area (Å²) in [7, 11) is 1.41. The Balaban J connectivity index is 2.37. The minimum absolute atomic E-state index is 0.165. The molecular formula is C14H12BrFO2. The highest BCUT2D eigenvalue weighted by molar-refractivity contribution is 9.10. The van der Waals surface area contributed by atoms with Crippen LogP contribution in [0.4, 0.5) is 4.39 Å². The molecule has 0 spiro atoms. The molecule has 0 fully saturated rings. The molecule has 0 saturated carbocycles. The second kappa shape index (κ2) is 5.50. The summed E-state index contributed by atoms with van der Waals surface area (Å²) in [6, 6.07) is 11.7. The fourth-order valence-corrected chi connectivity index (χ4v) is 2.23. The number of methoxy groups -OCH3 is 1. The second-order valence-electron chi connectivity index (χ2n) is 3.82. The van der Waals surface area contributed by atoms with Crippen molar-refractivity contribution in [2.24, 2.45) is 0 Å². The van der Waals surface area contributed by atoms with Gasteiger partial charge in [-0.15, -0.1) is 0 Å². The molecule has 2 nitrogen and oxygen atoms in total. The molecule has 2 aromatic rings. The van der Waals surface area contributed by atoms with Crippen molar-refractivity contribution in [1.82, 2.24) is 0 Å². The van der Waals surface area contributed by atoms with Crippen molar-refractivity contribution in [3.05, 3.63) is 63.9 Å². The van der Waals surface area contributed by atoms with E-state index in [1.165, 1.54) is 19.2 Å². The Kier molecular flexibility index (Phi) is 3.99. The van der Waals surface area contributed by atoms with Gasteiger partial charge in [-0.1, -0.05) is 40.2 Å². The van der Waals surface area contributed by atoms with E-state index in [4.69, 9.17) is 4.74 Å². The lowest BCUT2D eigenvalue weighted by atomic mass is 10.0. The van der Waals surface area contributed by atoms with Gasteiger partial charge in [0.05, 0.1) is 7.11 Å². The molecule has 2 aromatic carbocycles. The van der Waals surface area contributed by atoms with Crippen LogP contribution in [0.15, 0.2) is 46.9 Å². The predicted molar refractivity (Wildman–Crippen MR) is 71.2 cm³/mol. The van der Waals surface area contributed by atoms with Crippen molar-refractivity contribution in [1.29, 1.82) is 0 Å². The summed E-state index contributed by atoms with van der Waals surface area (Å²) < 4.78 is 19.2. The predicted octanol–water partition coefficient (Wildman–Crippen LogP) is 3.68. The van der Waals surface area contributed by atoms with Crippen LogP contribution in [0.1, 0.15) is 17.2 Å². The van der Waals surface area contributed by atoms with Crippen molar-refractivity contribution >= 4 is 15.9 Å². The van der Waals surface area contributed by atoms with Crippen LogP contribution < -0.4 is 4.74 Å². The molecular weight excluding hydrogens is 299 g/mol. The van der Waals surface area contributed by atoms with E-state index in [1.54, 1.807) is 12.1 Å². The first-order valence-corrected chi connectivity index (χ1v) is 6.18. The van der Waals surface area contributed by atoms with Crippen molar-refractivity contribution < 1.29 is 14.2 Å². The van der Waals surface area contributed by atoms with Crippen molar-refractivity contribution in [3.8, 4) is 5.75 Å². The Morgan fingerprint density at radius 3 is 2.56 bits per heavy atom. The Hall–Kier alpha value is -1.39. The third kappa shape index (κ3) is 2.54. The van der Waals surface area contributed by atoms with Gasteiger partial charge in [-0.2, -0.15) is 0 Å². The van der Waals surface area contributed by atoms with Crippen LogP contribution in [0, 0.1) is 5.82 Å². The lowest BCUT2D eigenvalue weighted by Gasteiger charge is -2.14. The topological polar surface area (TPSA) is 29.5 Å². The average molecular weight is 311 g/mol. The molecule has 0 bridgehead atoms. The van der Waals surface area contributed by atoms with Crippen molar-refractivity contribution in [2.75, 3.05) is 7.11 Å². The molecule has 0 aliphatic rings. The van der Waals surface area contributed by atoms with Gasteiger partial charge in [0, 0.05) is 4.47 Å². The van der Waals surface area contributed by atoms with Gasteiger partial charge in [-0.25, -0.2) is 4.39 Å². The quantitative estimate of drug-likeness (QED) is 0.937. The van der Waals surface area contributed by atoms with Gasteiger partial charge in [-0.3, -0.25) is 0 Å². The molecule has 0 aliphatic carbocycles. The van der Waals surface area contributed by atoms with E-state index in [0.717, 1.165) is 4.47 Å². The second-order valence-corrected chi connectivity index (χ2v) is 4.67. The van der Waals surface area contributed by atoms with Crippen molar-refractivity contribution in [3.63, 3.8) is 0 Å². The number of ether oxygens (including phenoxy) is 1. The molecule has 0 aliphatic heterocycles. The van der Waals surface area contributed by atoms with E-state index in [2.05, 4.69) is 15.9 Å². The van der Waals surface area contributed by atoms with Gasteiger partial charge < -0.3 is 9.84 Å². The summed E-state index contributed by atoms with van der Waals surface area (Å²) in [4.78, 5) is 0. The lowest BCUT2D eigenvalue weighted by molar-refractivity contribution is 0.218. The van der Waals surface area contributed by atoms with Crippen LogP contribution in [-0.4, -0.2) is 12.2 Å². The number of rotatable bonds is 3. The van der Waals surface area contributed by atoms with E-state index >= 15 is 0 Å². The first-order chi connectivity index (χ1) is 8.63. The van der Waals surface area contributed by atoms with Gasteiger partial charge in [0.25, 0.3) is 0 Å². The van der Waals surface area contributed by atoms with Gasteiger partial charge in [0.15, 0.2) is 11.6 Å². The SMILES string of the molecule is COc1ccc([C@@H](O)c2ccccc2Br)cc1F. The largest absolute Gasteiger partial charge is 0.494 e. The normalized spacial score (nSPS) is 12.2. The molecule has 0 aromatic heterocycles. The lowest BCUT2D eigenvalue weighted by Crippen LogP contribution is -2.01. The molecule has 0 amide bonds. The minimum atomic E-state index is -0.874. The zero-order chi connectivity index (χ0) is 13.1. The fraction of sp³-hybridized carbons (Fsp3) is 0.143. The molecule has 1 atom stereocenters. The number of aliphatic hydroxyl groups is 1. The van der Waals surface area contributed by atoms with Gasteiger partial charge in [0.2, 0.25) is 0 Å². The maximum absolute atomic E-state index is 13.6. The number of hydrogen-bond acceptors (Lipinski definition) is 2. The molecule has 0 unspecified atom stereocenters. The summed E-state index contributed by atoms with van der Waals surface area (Å²) in [5.41, 5.74) is 1.18. The summed E-state index contributed by atoms with van der Waals surface area (Å²) >= 11 is 3.36. The minimum Gasteiger partial charge on any atom is -0.494 e. The fourth-order valence-electron chi connectivity index (χ4n) is 1.73. The maximum atomic E-state index is 13.6. The first kappa shape index (κ1) is 13.1. The van der Waals surface area contributed by atoms with Crippen molar-refractivity contribution in [2.45, 2.75) is 6.10 Å². The number of aliphatic hydroxyl groups excluding tert-OH is 1. The highest BCUT2D eigenvalue weighted by Crippen LogP contribution is 2.30. The average Bonchev–Trinajstić information content (AvgIpc) is 2.38. The van der Waals surface area contributed by atoms with E-state index in [9.17, 15) is 9.50 Å². The Morgan fingerprint density at radius 1 is 1.22 bits per heavy atom. The van der Waals surface area contributed by atoms with Gasteiger partial charge in [0.1, 0.15) is 6.10 Å². The van der Waals surface area contributed by atoms with Gasteiger partial charge >= 0.3 is 0 Å². The smallest absolute Gasteiger partial charge is 0.165 e. The van der Waals surface area contributed by atoms with Crippen LogP contribution in [0.3, 0.4) is 0 Å². The molecule has 18 heavy (non-hydrogen) atoms. The molecule has 0 radical (unpaired) electrons. The number of benzene rings is 2. The summed E-state index contributed by atoms with van der Waals surface area (Å²) in [5.74, 6) is -0.320. The zero-order valence-corrected chi connectivity index (χ0v) is 11.3. The molecule has 94 valence electrons. The number of hydrogen-bond donors (Lipinski definition) is 1. The van der Waals surface area contributed by atoms with E-state index in [0.29, 0.717) is 11.1 Å². The molecule has 1 N–H and O–H groups in total. The van der Waals surface area contributed by atoms with Crippen LogP contribution in [-0.2, 0) is 0 Å².